The normalized spacial score (nSPS) is 12.0. The van der Waals surface area contributed by atoms with Crippen molar-refractivity contribution in [2.75, 3.05) is 17.9 Å². The van der Waals surface area contributed by atoms with Crippen molar-refractivity contribution in [3.63, 3.8) is 0 Å². The third-order valence-corrected chi connectivity index (χ3v) is 8.15. The first kappa shape index (κ1) is 27.9. The molecule has 1 atom stereocenters. The van der Waals surface area contributed by atoms with Crippen LogP contribution in [0.25, 0.3) is 0 Å². The maximum Gasteiger partial charge on any atom is 0.264 e. The summed E-state index contributed by atoms with van der Waals surface area (Å²) in [5, 5.41) is 2.64. The molecule has 0 aliphatic carbocycles. The van der Waals surface area contributed by atoms with Crippen LogP contribution in [0, 0.1) is 20.8 Å². The van der Waals surface area contributed by atoms with Gasteiger partial charge in [-0.1, -0.05) is 72.6 Å². The molecule has 3 rings (SSSR count). The lowest BCUT2D eigenvalue weighted by molar-refractivity contribution is -0.140. The van der Waals surface area contributed by atoms with Crippen LogP contribution in [0.15, 0.2) is 77.7 Å². The van der Waals surface area contributed by atoms with Gasteiger partial charge in [-0.05, 0) is 56.5 Å². The highest BCUT2D eigenvalue weighted by Crippen LogP contribution is 2.27. The van der Waals surface area contributed by atoms with E-state index < -0.39 is 28.5 Å². The number of benzene rings is 3. The number of nitrogens with zero attached hydrogens (tertiary/aromatic N) is 2. The molecule has 0 saturated heterocycles. The van der Waals surface area contributed by atoms with Crippen LogP contribution in [0.2, 0.25) is 0 Å². The molecule has 0 aliphatic rings. The van der Waals surface area contributed by atoms with Crippen LogP contribution in [0.5, 0.6) is 0 Å². The van der Waals surface area contributed by atoms with E-state index in [0.29, 0.717) is 12.1 Å². The zero-order valence-electron chi connectivity index (χ0n) is 22.1. The van der Waals surface area contributed by atoms with E-state index in [9.17, 15) is 18.0 Å². The van der Waals surface area contributed by atoms with E-state index in [1.807, 2.05) is 51.1 Å². The summed E-state index contributed by atoms with van der Waals surface area (Å²) in [5.74, 6) is -0.762. The smallest absolute Gasteiger partial charge is 0.264 e. The van der Waals surface area contributed by atoms with Crippen LogP contribution < -0.4 is 9.62 Å². The number of anilines is 1. The Morgan fingerprint density at radius 3 is 1.97 bits per heavy atom. The summed E-state index contributed by atoms with van der Waals surface area (Å²) in [5.41, 5.74) is 3.99. The Bertz CT molecular complexity index is 1340. The molecule has 196 valence electrons. The lowest BCUT2D eigenvalue weighted by Gasteiger charge is -2.33. The van der Waals surface area contributed by atoms with Crippen LogP contribution in [0.3, 0.4) is 0 Å². The van der Waals surface area contributed by atoms with Crippen molar-refractivity contribution in [3.8, 4) is 0 Å². The molecule has 0 radical (unpaired) electrons. The first-order valence-corrected chi connectivity index (χ1v) is 13.7. The Labute approximate surface area is 220 Å². The van der Waals surface area contributed by atoms with Gasteiger partial charge in [-0.2, -0.15) is 0 Å². The van der Waals surface area contributed by atoms with Crippen LogP contribution >= 0.6 is 0 Å². The van der Waals surface area contributed by atoms with Crippen molar-refractivity contribution in [2.24, 2.45) is 0 Å². The average molecular weight is 522 g/mol. The molecule has 8 heteroatoms. The maximum absolute atomic E-state index is 13.9. The van der Waals surface area contributed by atoms with Gasteiger partial charge in [-0.15, -0.1) is 0 Å². The molecule has 3 aromatic carbocycles. The number of likely N-dealkylation sites (N-methyl/N-ethyl adjacent to an activating group) is 1. The number of para-hydroxylation sites is 1. The number of carbonyl (C=O) groups excluding carboxylic acids is 2. The number of nitrogens with one attached hydrogen (secondary N) is 1. The highest BCUT2D eigenvalue weighted by Gasteiger charge is 2.33. The number of rotatable bonds is 10. The molecule has 0 aromatic heterocycles. The van der Waals surface area contributed by atoms with Crippen molar-refractivity contribution in [3.05, 3.63) is 95.1 Å². The molecule has 37 heavy (non-hydrogen) atoms. The first-order valence-electron chi connectivity index (χ1n) is 12.3. The summed E-state index contributed by atoms with van der Waals surface area (Å²) >= 11 is 0. The van der Waals surface area contributed by atoms with Gasteiger partial charge in [0, 0.05) is 13.6 Å². The van der Waals surface area contributed by atoms with Crippen LogP contribution in [-0.4, -0.2) is 44.8 Å². The van der Waals surface area contributed by atoms with Gasteiger partial charge in [0.25, 0.3) is 10.0 Å². The third kappa shape index (κ3) is 6.57. The number of carbonyl (C=O) groups is 2. The van der Waals surface area contributed by atoms with E-state index in [2.05, 4.69) is 5.32 Å². The molecule has 3 aromatic rings. The monoisotopic (exact) mass is 521 g/mol. The molecule has 0 saturated carbocycles. The second-order valence-corrected chi connectivity index (χ2v) is 11.0. The summed E-state index contributed by atoms with van der Waals surface area (Å²) in [6.45, 7) is 7.23. The fourth-order valence-corrected chi connectivity index (χ4v) is 5.65. The van der Waals surface area contributed by atoms with Gasteiger partial charge in [0.05, 0.1) is 10.6 Å². The van der Waals surface area contributed by atoms with E-state index in [1.165, 1.54) is 11.9 Å². The molecular weight excluding hydrogens is 486 g/mol. The Hall–Kier alpha value is -3.65. The molecule has 0 fully saturated rings. The molecule has 0 aliphatic heterocycles. The summed E-state index contributed by atoms with van der Waals surface area (Å²) < 4.78 is 28.9. The van der Waals surface area contributed by atoms with Crippen molar-refractivity contribution >= 4 is 27.5 Å². The lowest BCUT2D eigenvalue weighted by atomic mass is 10.1. The highest BCUT2D eigenvalue weighted by atomic mass is 32.2. The van der Waals surface area contributed by atoms with Gasteiger partial charge in [-0.25, -0.2) is 8.42 Å². The first-order chi connectivity index (χ1) is 17.6. The summed E-state index contributed by atoms with van der Waals surface area (Å²) in [6, 6.07) is 20.6. The summed E-state index contributed by atoms with van der Waals surface area (Å²) in [4.78, 5) is 28.2. The van der Waals surface area contributed by atoms with E-state index in [4.69, 9.17) is 0 Å². The minimum Gasteiger partial charge on any atom is -0.357 e. The highest BCUT2D eigenvalue weighted by molar-refractivity contribution is 7.92. The summed E-state index contributed by atoms with van der Waals surface area (Å²) in [6.07, 6.45) is 0.381. The van der Waals surface area contributed by atoms with Crippen molar-refractivity contribution in [1.82, 2.24) is 10.2 Å². The Balaban J connectivity index is 2.06. The van der Waals surface area contributed by atoms with E-state index in [-0.39, 0.29) is 17.3 Å². The molecule has 1 N–H and O–H groups in total. The van der Waals surface area contributed by atoms with Crippen LogP contribution in [0.4, 0.5) is 5.69 Å². The quantitative estimate of drug-likeness (QED) is 0.430. The van der Waals surface area contributed by atoms with Gasteiger partial charge >= 0.3 is 0 Å². The van der Waals surface area contributed by atoms with Crippen molar-refractivity contribution in [1.29, 1.82) is 0 Å². The summed E-state index contributed by atoms with van der Waals surface area (Å²) in [7, 11) is -2.54. The molecule has 7 nitrogen and oxygen atoms in total. The van der Waals surface area contributed by atoms with Crippen LogP contribution in [0.1, 0.15) is 35.6 Å². The number of amides is 2. The Morgan fingerprint density at radius 1 is 0.865 bits per heavy atom. The number of sulfonamides is 1. The predicted octanol–water partition coefficient (Wildman–Crippen LogP) is 4.36. The van der Waals surface area contributed by atoms with E-state index in [1.54, 1.807) is 49.4 Å². The molecule has 2 amide bonds. The largest absolute Gasteiger partial charge is 0.357 e. The van der Waals surface area contributed by atoms with Crippen molar-refractivity contribution in [2.45, 2.75) is 51.6 Å². The Morgan fingerprint density at radius 2 is 1.43 bits per heavy atom. The van der Waals surface area contributed by atoms with Gasteiger partial charge in [0.15, 0.2) is 0 Å². The molecular formula is C29H35N3O4S. The third-order valence-electron chi connectivity index (χ3n) is 6.38. The molecule has 0 unspecified atom stereocenters. The zero-order valence-corrected chi connectivity index (χ0v) is 22.9. The topological polar surface area (TPSA) is 86.8 Å². The van der Waals surface area contributed by atoms with Gasteiger partial charge < -0.3 is 10.2 Å². The second kappa shape index (κ2) is 12.1. The van der Waals surface area contributed by atoms with Crippen molar-refractivity contribution < 1.29 is 18.0 Å². The fourth-order valence-electron chi connectivity index (χ4n) is 4.17. The Kier molecular flexibility index (Phi) is 9.10. The number of hydrogen-bond acceptors (Lipinski definition) is 4. The second-order valence-electron chi connectivity index (χ2n) is 9.16. The van der Waals surface area contributed by atoms with Gasteiger partial charge in [0.2, 0.25) is 11.8 Å². The van der Waals surface area contributed by atoms with E-state index in [0.717, 1.165) is 26.6 Å². The fraction of sp³-hybridized carbons (Fsp3) is 0.310. The maximum atomic E-state index is 13.9. The molecule has 0 bridgehead atoms. The number of aryl methyl sites for hydroxylation is 3. The van der Waals surface area contributed by atoms with E-state index >= 15 is 0 Å². The molecule has 0 heterocycles. The molecule has 0 spiro atoms. The van der Waals surface area contributed by atoms with Gasteiger partial charge in [-0.3, -0.25) is 13.9 Å². The lowest BCUT2D eigenvalue weighted by Crippen LogP contribution is -2.51. The number of hydrogen-bond donors (Lipinski definition) is 1. The minimum absolute atomic E-state index is 0.0950. The minimum atomic E-state index is -4.07. The zero-order chi connectivity index (χ0) is 27.2. The average Bonchev–Trinajstić information content (AvgIpc) is 2.88. The van der Waals surface area contributed by atoms with Crippen LogP contribution in [-0.2, 0) is 26.2 Å². The SMILES string of the molecule is CC[C@H](C(=O)NC)N(Cc1ccc(C)cc1)C(=O)CN(c1ccccc1C)S(=O)(=O)c1ccc(C)cc1. The standard InChI is InChI=1S/C29H35N3O4S/c1-6-26(29(34)30-5)31(19-24-15-11-21(2)12-16-24)28(33)20-32(27-10-8-7-9-23(27)4)37(35,36)25-17-13-22(3)14-18-25/h7-18,26H,6,19-20H2,1-5H3,(H,30,34)/t26-/m1/s1. The predicted molar refractivity (Wildman–Crippen MR) is 147 cm³/mol. The van der Waals surface area contributed by atoms with Gasteiger partial charge in [0.1, 0.15) is 12.6 Å².